The van der Waals surface area contributed by atoms with Crippen molar-refractivity contribution in [3.05, 3.63) is 85.6 Å². The summed E-state index contributed by atoms with van der Waals surface area (Å²) in [5, 5.41) is 26.0. The first kappa shape index (κ1) is 21.2. The second kappa shape index (κ2) is 8.86. The van der Waals surface area contributed by atoms with Crippen LogP contribution in [0.4, 0.5) is 11.4 Å². The summed E-state index contributed by atoms with van der Waals surface area (Å²) in [5.74, 6) is -0.0842. The Bertz CT molecular complexity index is 1200. The first-order valence-electron chi connectivity index (χ1n) is 8.81. The van der Waals surface area contributed by atoms with E-state index in [1.54, 1.807) is 25.1 Å². The topological polar surface area (TPSA) is 150 Å². The molecule has 31 heavy (non-hydrogen) atoms. The third kappa shape index (κ3) is 4.72. The quantitative estimate of drug-likeness (QED) is 0.344. The van der Waals surface area contributed by atoms with E-state index in [4.69, 9.17) is 9.15 Å². The molecule has 0 saturated heterocycles. The normalized spacial score (nSPS) is 10.8. The van der Waals surface area contributed by atoms with E-state index >= 15 is 0 Å². The zero-order valence-corrected chi connectivity index (χ0v) is 16.4. The summed E-state index contributed by atoms with van der Waals surface area (Å²) in [6.45, 7) is 1.75. The molecule has 0 aliphatic rings. The van der Waals surface area contributed by atoms with Gasteiger partial charge in [0, 0.05) is 18.2 Å². The van der Waals surface area contributed by atoms with Crippen molar-refractivity contribution in [2.75, 3.05) is 7.11 Å². The molecule has 11 nitrogen and oxygen atoms in total. The third-order valence-corrected chi connectivity index (χ3v) is 4.24. The molecule has 0 unspecified atom stereocenters. The van der Waals surface area contributed by atoms with Gasteiger partial charge in [0.15, 0.2) is 0 Å². The number of amides is 1. The van der Waals surface area contributed by atoms with E-state index in [0.29, 0.717) is 5.56 Å². The van der Waals surface area contributed by atoms with Crippen molar-refractivity contribution in [2.24, 2.45) is 5.10 Å². The van der Waals surface area contributed by atoms with E-state index in [-0.39, 0.29) is 34.2 Å². The number of hydrogen-bond acceptors (Lipinski definition) is 8. The fourth-order valence-corrected chi connectivity index (χ4v) is 2.77. The van der Waals surface area contributed by atoms with Crippen molar-refractivity contribution >= 4 is 23.5 Å². The summed E-state index contributed by atoms with van der Waals surface area (Å²) in [7, 11) is 1.33. The van der Waals surface area contributed by atoms with Crippen molar-refractivity contribution in [1.29, 1.82) is 0 Å². The van der Waals surface area contributed by atoms with Crippen LogP contribution in [0.2, 0.25) is 0 Å². The average molecular weight is 424 g/mol. The minimum Gasteiger partial charge on any atom is -0.496 e. The maximum Gasteiger partial charge on any atom is 0.280 e. The summed E-state index contributed by atoms with van der Waals surface area (Å²) in [6, 6.07) is 11.4. The van der Waals surface area contributed by atoms with Gasteiger partial charge in [0.05, 0.1) is 34.3 Å². The highest BCUT2D eigenvalue weighted by Crippen LogP contribution is 2.31. The van der Waals surface area contributed by atoms with Crippen LogP contribution in [0, 0.1) is 27.2 Å². The highest BCUT2D eigenvalue weighted by molar-refractivity contribution is 5.98. The highest BCUT2D eigenvalue weighted by atomic mass is 16.6. The number of carbonyl (C=O) groups excluding carboxylic acids is 1. The Morgan fingerprint density at radius 1 is 1.10 bits per heavy atom. The molecule has 158 valence electrons. The Balaban J connectivity index is 1.77. The van der Waals surface area contributed by atoms with Gasteiger partial charge in [-0.25, -0.2) is 5.43 Å². The summed E-state index contributed by atoms with van der Waals surface area (Å²) < 4.78 is 10.6. The maximum atomic E-state index is 12.3. The van der Waals surface area contributed by atoms with Crippen molar-refractivity contribution in [3.8, 4) is 17.1 Å². The molecule has 0 aliphatic carbocycles. The van der Waals surface area contributed by atoms with Crippen LogP contribution in [0.25, 0.3) is 11.3 Å². The number of rotatable bonds is 7. The fourth-order valence-electron chi connectivity index (χ4n) is 2.77. The molecule has 0 aliphatic heterocycles. The first-order valence-corrected chi connectivity index (χ1v) is 8.81. The van der Waals surface area contributed by atoms with Gasteiger partial charge < -0.3 is 9.15 Å². The van der Waals surface area contributed by atoms with Gasteiger partial charge in [-0.2, -0.15) is 5.10 Å². The molecule has 0 bridgehead atoms. The molecule has 0 fully saturated rings. The van der Waals surface area contributed by atoms with Gasteiger partial charge >= 0.3 is 0 Å². The standard InChI is InChI=1S/C20H16N4O7/c1-12-3-6-15(17(9-12)24(28)29)19-8-5-14(31-19)11-21-22-20(25)16-10-13(23(26)27)4-7-18(16)30-2/h3-11H,1-2H3,(H,22,25)/b21-11-. The number of carbonyl (C=O) groups is 1. The van der Waals surface area contributed by atoms with Crippen LogP contribution in [0.3, 0.4) is 0 Å². The molecule has 0 radical (unpaired) electrons. The molecule has 1 aromatic heterocycles. The lowest BCUT2D eigenvalue weighted by Gasteiger charge is -2.06. The number of ether oxygens (including phenoxy) is 1. The summed E-state index contributed by atoms with van der Waals surface area (Å²) >= 11 is 0. The van der Waals surface area contributed by atoms with Crippen molar-refractivity contribution in [1.82, 2.24) is 5.43 Å². The second-order valence-corrected chi connectivity index (χ2v) is 6.32. The van der Waals surface area contributed by atoms with E-state index in [0.717, 1.165) is 11.6 Å². The van der Waals surface area contributed by atoms with Gasteiger partial charge in [0.1, 0.15) is 17.3 Å². The molecule has 2 aromatic carbocycles. The van der Waals surface area contributed by atoms with Gasteiger partial charge in [0.2, 0.25) is 0 Å². The van der Waals surface area contributed by atoms with Crippen LogP contribution in [0.5, 0.6) is 5.75 Å². The molecular formula is C20H16N4O7. The highest BCUT2D eigenvalue weighted by Gasteiger charge is 2.19. The molecule has 1 amide bonds. The zero-order chi connectivity index (χ0) is 22.5. The van der Waals surface area contributed by atoms with E-state index in [9.17, 15) is 25.0 Å². The lowest BCUT2D eigenvalue weighted by atomic mass is 10.1. The van der Waals surface area contributed by atoms with E-state index in [1.807, 2.05) is 0 Å². The molecule has 1 heterocycles. The molecule has 0 saturated carbocycles. The number of benzene rings is 2. The third-order valence-electron chi connectivity index (χ3n) is 4.24. The summed E-state index contributed by atoms with van der Waals surface area (Å²) in [5.41, 5.74) is 2.85. The maximum absolute atomic E-state index is 12.3. The fraction of sp³-hybridized carbons (Fsp3) is 0.100. The van der Waals surface area contributed by atoms with Crippen LogP contribution < -0.4 is 10.2 Å². The smallest absolute Gasteiger partial charge is 0.280 e. The predicted octanol–water partition coefficient (Wildman–Crippen LogP) is 3.84. The van der Waals surface area contributed by atoms with Gasteiger partial charge in [0.25, 0.3) is 17.3 Å². The Morgan fingerprint density at radius 3 is 2.55 bits per heavy atom. The molecule has 1 N–H and O–H groups in total. The number of nitro benzene ring substituents is 2. The Hall–Kier alpha value is -4.54. The number of nitrogens with zero attached hydrogens (tertiary/aromatic N) is 3. The van der Waals surface area contributed by atoms with Crippen LogP contribution in [-0.2, 0) is 0 Å². The van der Waals surface area contributed by atoms with Crippen LogP contribution in [0.15, 0.2) is 58.0 Å². The van der Waals surface area contributed by atoms with E-state index < -0.39 is 15.8 Å². The first-order chi connectivity index (χ1) is 14.8. The van der Waals surface area contributed by atoms with E-state index in [2.05, 4.69) is 10.5 Å². The lowest BCUT2D eigenvalue weighted by molar-refractivity contribution is -0.384. The molecule has 11 heteroatoms. The monoisotopic (exact) mass is 424 g/mol. The van der Waals surface area contributed by atoms with Crippen LogP contribution >= 0.6 is 0 Å². The molecular weight excluding hydrogens is 408 g/mol. The Labute approximate surface area is 175 Å². The summed E-state index contributed by atoms with van der Waals surface area (Å²) in [4.78, 5) is 33.4. The van der Waals surface area contributed by atoms with Gasteiger partial charge in [-0.1, -0.05) is 6.07 Å². The number of nitrogens with one attached hydrogen (secondary N) is 1. The van der Waals surface area contributed by atoms with Crippen LogP contribution in [-0.4, -0.2) is 29.1 Å². The van der Waals surface area contributed by atoms with Gasteiger partial charge in [-0.05, 0) is 36.8 Å². The van der Waals surface area contributed by atoms with Crippen molar-refractivity contribution in [3.63, 3.8) is 0 Å². The minimum absolute atomic E-state index is 0.0655. The van der Waals surface area contributed by atoms with E-state index in [1.165, 1.54) is 37.6 Å². The van der Waals surface area contributed by atoms with Crippen LogP contribution in [0.1, 0.15) is 21.7 Å². The second-order valence-electron chi connectivity index (χ2n) is 6.32. The predicted molar refractivity (Wildman–Crippen MR) is 110 cm³/mol. The largest absolute Gasteiger partial charge is 0.496 e. The number of non-ortho nitro benzene ring substituents is 1. The van der Waals surface area contributed by atoms with Crippen molar-refractivity contribution < 1.29 is 23.8 Å². The number of hydrogen-bond donors (Lipinski definition) is 1. The molecule has 3 aromatic rings. The molecule has 0 spiro atoms. The minimum atomic E-state index is -0.724. The number of aryl methyl sites for hydroxylation is 1. The number of nitro groups is 2. The Morgan fingerprint density at radius 2 is 1.87 bits per heavy atom. The number of furan rings is 1. The Kier molecular flexibility index (Phi) is 6.05. The summed E-state index contributed by atoms with van der Waals surface area (Å²) in [6.07, 6.45) is 1.20. The lowest BCUT2D eigenvalue weighted by Crippen LogP contribution is -2.18. The van der Waals surface area contributed by atoms with Gasteiger partial charge in [-0.3, -0.25) is 25.0 Å². The average Bonchev–Trinajstić information content (AvgIpc) is 3.21. The molecule has 3 rings (SSSR count). The molecule has 0 atom stereocenters. The van der Waals surface area contributed by atoms with Crippen molar-refractivity contribution in [2.45, 2.75) is 6.92 Å². The zero-order valence-electron chi connectivity index (χ0n) is 16.4. The SMILES string of the molecule is COc1ccc([N+](=O)[O-])cc1C(=O)N/N=C\c1ccc(-c2ccc(C)cc2[N+](=O)[O-])o1. The number of hydrazone groups is 1. The number of methoxy groups -OCH3 is 1. The van der Waals surface area contributed by atoms with Gasteiger partial charge in [-0.15, -0.1) is 0 Å².